The van der Waals surface area contributed by atoms with E-state index in [9.17, 15) is 13.2 Å². The van der Waals surface area contributed by atoms with Crippen LogP contribution in [0.25, 0.3) is 0 Å². The second-order valence-electron chi connectivity index (χ2n) is 6.77. The number of ether oxygens (including phenoxy) is 1. The van der Waals surface area contributed by atoms with Gasteiger partial charge in [0.1, 0.15) is 0 Å². The van der Waals surface area contributed by atoms with E-state index in [1.54, 1.807) is 4.90 Å². The van der Waals surface area contributed by atoms with Crippen molar-refractivity contribution in [2.45, 2.75) is 33.0 Å². The van der Waals surface area contributed by atoms with Crippen molar-refractivity contribution in [2.75, 3.05) is 52.9 Å². The number of hydrogen-bond donors (Lipinski definition) is 1. The number of piperazine rings is 1. The van der Waals surface area contributed by atoms with Crippen LogP contribution in [0.2, 0.25) is 0 Å². The van der Waals surface area contributed by atoms with Gasteiger partial charge in [0.2, 0.25) is 5.91 Å². The van der Waals surface area contributed by atoms with Crippen LogP contribution >= 0.6 is 0 Å². The highest BCUT2D eigenvalue weighted by Gasteiger charge is 2.37. The van der Waals surface area contributed by atoms with Crippen LogP contribution in [0.3, 0.4) is 0 Å². The molecule has 3 atom stereocenters. The first kappa shape index (κ1) is 19.6. The minimum absolute atomic E-state index is 0.0787. The van der Waals surface area contributed by atoms with E-state index in [0.29, 0.717) is 45.8 Å². The Balaban J connectivity index is 1.94. The molecule has 0 saturated carbocycles. The lowest BCUT2D eigenvalue weighted by Gasteiger charge is -2.40. The number of nitrogens with zero attached hydrogens (tertiary/aromatic N) is 3. The number of nitrogens with one attached hydrogen (secondary N) is 1. The predicted molar refractivity (Wildman–Crippen MR) is 91.7 cm³/mol. The smallest absolute Gasteiger partial charge is 0.282 e. The Morgan fingerprint density at radius 3 is 2.17 bits per heavy atom. The van der Waals surface area contributed by atoms with Crippen LogP contribution < -0.4 is 5.32 Å². The SMILES string of the molecule is CNCC(C)C(=O)N1CCN(S(=O)(=O)N2CC(C)OC(C)C2)CC1. The molecule has 8 nitrogen and oxygen atoms in total. The summed E-state index contributed by atoms with van der Waals surface area (Å²) >= 11 is 0. The van der Waals surface area contributed by atoms with Gasteiger partial charge in [-0.25, -0.2) is 0 Å². The van der Waals surface area contributed by atoms with Crippen LogP contribution in [-0.2, 0) is 19.7 Å². The molecule has 2 rings (SSSR count). The zero-order chi connectivity index (χ0) is 17.9. The Morgan fingerprint density at radius 1 is 1.12 bits per heavy atom. The molecule has 0 aromatic heterocycles. The van der Waals surface area contributed by atoms with Gasteiger partial charge in [-0.1, -0.05) is 6.92 Å². The number of carbonyl (C=O) groups excluding carboxylic acids is 1. The second-order valence-corrected chi connectivity index (χ2v) is 8.69. The Bertz CT molecular complexity index is 524. The van der Waals surface area contributed by atoms with Gasteiger partial charge < -0.3 is 15.0 Å². The molecular formula is C15H30N4O4S. The molecule has 3 unspecified atom stereocenters. The van der Waals surface area contributed by atoms with Crippen molar-refractivity contribution in [1.29, 1.82) is 0 Å². The van der Waals surface area contributed by atoms with Gasteiger partial charge in [-0.15, -0.1) is 0 Å². The maximum Gasteiger partial charge on any atom is 0.282 e. The molecule has 1 amide bonds. The fourth-order valence-corrected chi connectivity index (χ4v) is 5.07. The Morgan fingerprint density at radius 2 is 1.67 bits per heavy atom. The summed E-state index contributed by atoms with van der Waals surface area (Å²) in [4.78, 5) is 14.1. The molecule has 0 bridgehead atoms. The van der Waals surface area contributed by atoms with E-state index in [1.165, 1.54) is 8.61 Å². The van der Waals surface area contributed by atoms with Gasteiger partial charge in [0.15, 0.2) is 0 Å². The van der Waals surface area contributed by atoms with Gasteiger partial charge in [0.25, 0.3) is 10.2 Å². The lowest BCUT2D eigenvalue weighted by molar-refractivity contribution is -0.136. The van der Waals surface area contributed by atoms with E-state index in [0.717, 1.165) is 0 Å². The average molecular weight is 362 g/mol. The Hall–Kier alpha value is -0.740. The van der Waals surface area contributed by atoms with Crippen molar-refractivity contribution in [3.8, 4) is 0 Å². The average Bonchev–Trinajstić information content (AvgIpc) is 2.53. The van der Waals surface area contributed by atoms with Crippen LogP contribution in [0.1, 0.15) is 20.8 Å². The molecule has 24 heavy (non-hydrogen) atoms. The maximum atomic E-state index is 12.8. The number of morpholine rings is 1. The topological polar surface area (TPSA) is 82.2 Å². The third-order valence-electron chi connectivity index (χ3n) is 4.52. The lowest BCUT2D eigenvalue weighted by Crippen LogP contribution is -2.58. The molecule has 2 aliphatic rings. The first-order chi connectivity index (χ1) is 11.3. The highest BCUT2D eigenvalue weighted by molar-refractivity contribution is 7.86. The van der Waals surface area contributed by atoms with Crippen molar-refractivity contribution in [3.05, 3.63) is 0 Å². The molecule has 2 fully saturated rings. The Labute approximate surface area is 145 Å². The number of carbonyl (C=O) groups is 1. The van der Waals surface area contributed by atoms with E-state index >= 15 is 0 Å². The van der Waals surface area contributed by atoms with Gasteiger partial charge in [-0.2, -0.15) is 17.0 Å². The van der Waals surface area contributed by atoms with Crippen LogP contribution in [0.5, 0.6) is 0 Å². The van der Waals surface area contributed by atoms with Gasteiger partial charge in [0, 0.05) is 51.7 Å². The number of rotatable bonds is 5. The fourth-order valence-electron chi connectivity index (χ4n) is 3.33. The maximum absolute atomic E-state index is 12.8. The zero-order valence-electron chi connectivity index (χ0n) is 15.1. The zero-order valence-corrected chi connectivity index (χ0v) is 15.9. The van der Waals surface area contributed by atoms with Crippen molar-refractivity contribution in [2.24, 2.45) is 5.92 Å². The van der Waals surface area contributed by atoms with Gasteiger partial charge in [0.05, 0.1) is 12.2 Å². The standard InChI is InChI=1S/C15H30N4O4S/c1-12(9-16-4)15(20)17-5-7-18(8-6-17)24(21,22)19-10-13(2)23-14(3)11-19/h12-14,16H,5-11H2,1-4H3. The first-order valence-electron chi connectivity index (χ1n) is 8.59. The van der Waals surface area contributed by atoms with Gasteiger partial charge >= 0.3 is 0 Å². The van der Waals surface area contributed by atoms with Crippen LogP contribution in [-0.4, -0.2) is 92.9 Å². The van der Waals surface area contributed by atoms with E-state index in [-0.39, 0.29) is 24.0 Å². The summed E-state index contributed by atoms with van der Waals surface area (Å²) in [5.74, 6) is -0.0193. The van der Waals surface area contributed by atoms with E-state index in [4.69, 9.17) is 4.74 Å². The molecular weight excluding hydrogens is 332 g/mol. The minimum Gasteiger partial charge on any atom is -0.373 e. The largest absolute Gasteiger partial charge is 0.373 e. The summed E-state index contributed by atoms with van der Waals surface area (Å²) in [5.41, 5.74) is 0. The summed E-state index contributed by atoms with van der Waals surface area (Å²) in [6.45, 7) is 8.63. The molecule has 2 saturated heterocycles. The van der Waals surface area contributed by atoms with Crippen LogP contribution in [0.4, 0.5) is 0 Å². The number of amides is 1. The first-order valence-corrected chi connectivity index (χ1v) is 9.99. The third-order valence-corrected chi connectivity index (χ3v) is 6.49. The van der Waals surface area contributed by atoms with E-state index in [1.807, 2.05) is 27.8 Å². The third kappa shape index (κ3) is 4.45. The van der Waals surface area contributed by atoms with E-state index < -0.39 is 10.2 Å². The molecule has 0 aliphatic carbocycles. The number of hydrogen-bond acceptors (Lipinski definition) is 5. The molecule has 2 aliphatic heterocycles. The van der Waals surface area contributed by atoms with Crippen molar-refractivity contribution in [1.82, 2.24) is 18.8 Å². The molecule has 0 aromatic carbocycles. The van der Waals surface area contributed by atoms with Crippen molar-refractivity contribution in [3.63, 3.8) is 0 Å². The van der Waals surface area contributed by atoms with Crippen molar-refractivity contribution < 1.29 is 17.9 Å². The molecule has 0 spiro atoms. The molecule has 0 radical (unpaired) electrons. The summed E-state index contributed by atoms with van der Waals surface area (Å²) in [7, 11) is -1.68. The summed E-state index contributed by atoms with van der Waals surface area (Å²) in [6.07, 6.45) is -0.206. The summed E-state index contributed by atoms with van der Waals surface area (Å²) in [5, 5.41) is 3.00. The fraction of sp³-hybridized carbons (Fsp3) is 0.933. The highest BCUT2D eigenvalue weighted by atomic mass is 32.2. The summed E-state index contributed by atoms with van der Waals surface area (Å²) < 4.78 is 34.3. The summed E-state index contributed by atoms with van der Waals surface area (Å²) in [6, 6.07) is 0. The van der Waals surface area contributed by atoms with Gasteiger partial charge in [-0.05, 0) is 20.9 Å². The Kier molecular flexibility index (Phi) is 6.60. The molecule has 140 valence electrons. The van der Waals surface area contributed by atoms with E-state index in [2.05, 4.69) is 5.32 Å². The molecule has 9 heteroatoms. The molecule has 1 N–H and O–H groups in total. The van der Waals surface area contributed by atoms with Crippen molar-refractivity contribution >= 4 is 16.1 Å². The minimum atomic E-state index is -3.49. The second kappa shape index (κ2) is 8.09. The quantitative estimate of drug-likeness (QED) is 0.702. The highest BCUT2D eigenvalue weighted by Crippen LogP contribution is 2.19. The molecule has 0 aromatic rings. The van der Waals surface area contributed by atoms with Crippen LogP contribution in [0.15, 0.2) is 0 Å². The molecule has 2 heterocycles. The predicted octanol–water partition coefficient (Wildman–Crippen LogP) is -0.660. The van der Waals surface area contributed by atoms with Gasteiger partial charge in [-0.3, -0.25) is 4.79 Å². The lowest BCUT2D eigenvalue weighted by atomic mass is 10.1. The monoisotopic (exact) mass is 362 g/mol. The van der Waals surface area contributed by atoms with Crippen LogP contribution in [0, 0.1) is 5.92 Å². The normalized spacial score (nSPS) is 28.8.